The van der Waals surface area contributed by atoms with E-state index in [1.165, 1.54) is 30.9 Å². The number of allylic oxidation sites excluding steroid dienone is 1. The van der Waals surface area contributed by atoms with E-state index in [4.69, 9.17) is 4.42 Å². The normalized spacial score (nSPS) is 13.6. The van der Waals surface area contributed by atoms with Gasteiger partial charge >= 0.3 is 6.03 Å². The van der Waals surface area contributed by atoms with E-state index in [0.29, 0.717) is 23.5 Å². The summed E-state index contributed by atoms with van der Waals surface area (Å²) in [6.07, 6.45) is 10.8. The summed E-state index contributed by atoms with van der Waals surface area (Å²) in [5.41, 5.74) is 3.09. The van der Waals surface area contributed by atoms with E-state index in [-0.39, 0.29) is 11.9 Å². The maximum atomic E-state index is 12.0. The monoisotopic (exact) mass is 353 g/mol. The van der Waals surface area contributed by atoms with Gasteiger partial charge in [0.05, 0.1) is 11.8 Å². The summed E-state index contributed by atoms with van der Waals surface area (Å²) in [7, 11) is 0. The van der Waals surface area contributed by atoms with Gasteiger partial charge in [-0.05, 0) is 56.4 Å². The number of nitrogens with one attached hydrogen (secondary N) is 3. The topological polar surface area (TPSA) is 83.4 Å². The number of hydrogen-bond donors (Lipinski definition) is 3. The lowest BCUT2D eigenvalue weighted by molar-refractivity contribution is 0.102. The molecule has 2 aromatic rings. The average Bonchev–Trinajstić information content (AvgIpc) is 3.18. The van der Waals surface area contributed by atoms with Crippen LogP contribution in [0.15, 0.2) is 58.9 Å². The van der Waals surface area contributed by atoms with Crippen LogP contribution in [0.1, 0.15) is 42.5 Å². The second kappa shape index (κ2) is 8.89. The van der Waals surface area contributed by atoms with Gasteiger partial charge in [0, 0.05) is 17.9 Å². The number of benzene rings is 1. The number of carbonyl (C=O) groups is 2. The molecule has 1 aliphatic rings. The number of hydrogen-bond acceptors (Lipinski definition) is 3. The van der Waals surface area contributed by atoms with Crippen molar-refractivity contribution in [2.24, 2.45) is 0 Å². The van der Waals surface area contributed by atoms with E-state index in [2.05, 4.69) is 22.0 Å². The zero-order valence-corrected chi connectivity index (χ0v) is 14.6. The molecule has 0 radical (unpaired) electrons. The molecule has 0 fully saturated rings. The Morgan fingerprint density at radius 1 is 1.08 bits per heavy atom. The molecule has 1 aliphatic carbocycles. The van der Waals surface area contributed by atoms with Crippen LogP contribution in [0.3, 0.4) is 0 Å². The number of amides is 3. The van der Waals surface area contributed by atoms with Gasteiger partial charge in [0.25, 0.3) is 5.91 Å². The van der Waals surface area contributed by atoms with Crippen molar-refractivity contribution < 1.29 is 14.0 Å². The predicted octanol–water partition coefficient (Wildman–Crippen LogP) is 4.54. The highest BCUT2D eigenvalue weighted by Crippen LogP contribution is 2.19. The van der Waals surface area contributed by atoms with E-state index in [0.717, 1.165) is 19.3 Å². The molecule has 3 rings (SSSR count). The van der Waals surface area contributed by atoms with Gasteiger partial charge in [-0.1, -0.05) is 17.7 Å². The Morgan fingerprint density at radius 3 is 2.65 bits per heavy atom. The quantitative estimate of drug-likeness (QED) is 0.667. The van der Waals surface area contributed by atoms with E-state index >= 15 is 0 Å². The third-order valence-corrected chi connectivity index (χ3v) is 4.28. The molecular formula is C20H23N3O3. The summed E-state index contributed by atoms with van der Waals surface area (Å²) in [5.74, 6) is -0.263. The van der Waals surface area contributed by atoms with Crippen LogP contribution in [-0.2, 0) is 0 Å². The maximum Gasteiger partial charge on any atom is 0.319 e. The molecule has 1 aromatic carbocycles. The minimum Gasteiger partial charge on any atom is -0.472 e. The first-order chi connectivity index (χ1) is 12.7. The molecule has 0 saturated heterocycles. The van der Waals surface area contributed by atoms with Gasteiger partial charge in [0.15, 0.2) is 0 Å². The first-order valence-electron chi connectivity index (χ1n) is 8.87. The van der Waals surface area contributed by atoms with E-state index < -0.39 is 0 Å². The minimum absolute atomic E-state index is 0.250. The number of furan rings is 1. The summed E-state index contributed by atoms with van der Waals surface area (Å²) in [6, 6.07) is 8.36. The van der Waals surface area contributed by atoms with Crippen molar-refractivity contribution in [3.05, 3.63) is 60.1 Å². The molecule has 0 unspecified atom stereocenters. The summed E-state index contributed by atoms with van der Waals surface area (Å²) in [5, 5.41) is 8.43. The van der Waals surface area contributed by atoms with Crippen LogP contribution in [0.2, 0.25) is 0 Å². The highest BCUT2D eigenvalue weighted by atomic mass is 16.3. The molecular weight excluding hydrogens is 330 g/mol. The molecule has 0 bridgehead atoms. The van der Waals surface area contributed by atoms with Gasteiger partial charge in [0.1, 0.15) is 6.26 Å². The fraction of sp³-hybridized carbons (Fsp3) is 0.300. The van der Waals surface area contributed by atoms with Gasteiger partial charge < -0.3 is 20.4 Å². The predicted molar refractivity (Wildman–Crippen MR) is 101 cm³/mol. The van der Waals surface area contributed by atoms with E-state index in [9.17, 15) is 9.59 Å². The van der Waals surface area contributed by atoms with E-state index in [1.54, 1.807) is 30.3 Å². The fourth-order valence-electron chi connectivity index (χ4n) is 2.92. The third-order valence-electron chi connectivity index (χ3n) is 4.28. The molecule has 0 saturated carbocycles. The van der Waals surface area contributed by atoms with Crippen molar-refractivity contribution >= 4 is 23.3 Å². The second-order valence-electron chi connectivity index (χ2n) is 6.29. The molecule has 3 amide bonds. The fourth-order valence-corrected chi connectivity index (χ4v) is 2.92. The Morgan fingerprint density at radius 2 is 1.92 bits per heavy atom. The second-order valence-corrected chi connectivity index (χ2v) is 6.29. The maximum absolute atomic E-state index is 12.0. The van der Waals surface area contributed by atoms with Gasteiger partial charge in [-0.25, -0.2) is 4.79 Å². The van der Waals surface area contributed by atoms with Gasteiger partial charge in [-0.15, -0.1) is 0 Å². The lowest BCUT2D eigenvalue weighted by Crippen LogP contribution is -2.29. The average molecular weight is 353 g/mol. The highest BCUT2D eigenvalue weighted by Gasteiger charge is 2.09. The third kappa shape index (κ3) is 5.24. The molecule has 26 heavy (non-hydrogen) atoms. The van der Waals surface area contributed by atoms with Crippen LogP contribution in [-0.4, -0.2) is 18.5 Å². The minimum atomic E-state index is -0.263. The Hall–Kier alpha value is -3.02. The van der Waals surface area contributed by atoms with Crippen molar-refractivity contribution in [1.82, 2.24) is 5.32 Å². The molecule has 1 heterocycles. The highest BCUT2D eigenvalue weighted by molar-refractivity contribution is 6.04. The largest absolute Gasteiger partial charge is 0.472 e. The molecule has 0 atom stereocenters. The van der Waals surface area contributed by atoms with Crippen LogP contribution >= 0.6 is 0 Å². The molecule has 0 spiro atoms. The molecule has 136 valence electrons. The summed E-state index contributed by atoms with van der Waals surface area (Å²) < 4.78 is 4.90. The Bertz CT molecular complexity index is 781. The lowest BCUT2D eigenvalue weighted by Gasteiger charge is -2.13. The molecule has 3 N–H and O–H groups in total. The zero-order chi connectivity index (χ0) is 18.2. The smallest absolute Gasteiger partial charge is 0.319 e. The van der Waals surface area contributed by atoms with Crippen molar-refractivity contribution in [2.75, 3.05) is 17.2 Å². The molecule has 1 aromatic heterocycles. The van der Waals surface area contributed by atoms with Crippen LogP contribution < -0.4 is 16.0 Å². The van der Waals surface area contributed by atoms with Crippen LogP contribution in [0, 0.1) is 0 Å². The lowest BCUT2D eigenvalue weighted by atomic mass is 9.97. The first kappa shape index (κ1) is 17.8. The summed E-state index contributed by atoms with van der Waals surface area (Å²) >= 11 is 0. The van der Waals surface area contributed by atoms with Gasteiger partial charge in [-0.3, -0.25) is 4.79 Å². The number of urea groups is 1. The Labute approximate surface area is 152 Å². The Kier molecular flexibility index (Phi) is 6.09. The molecule has 0 aliphatic heterocycles. The van der Waals surface area contributed by atoms with Crippen molar-refractivity contribution in [1.29, 1.82) is 0 Å². The summed E-state index contributed by atoms with van der Waals surface area (Å²) in [4.78, 5) is 24.1. The Balaban J connectivity index is 1.47. The van der Waals surface area contributed by atoms with Crippen LogP contribution in [0.5, 0.6) is 0 Å². The molecule has 6 nitrogen and oxygen atoms in total. The summed E-state index contributed by atoms with van der Waals surface area (Å²) in [6.45, 7) is 0.620. The SMILES string of the molecule is O=C(NCCC1=CCCCC1)Nc1cccc(NC(=O)c2ccoc2)c1. The standard InChI is InChI=1S/C20H23N3O3/c24-19(16-10-12-26-14-16)22-17-7-4-8-18(13-17)23-20(25)21-11-9-15-5-2-1-3-6-15/h4-5,7-8,10,12-14H,1-3,6,9,11H2,(H,22,24)(H2,21,23,25). The van der Waals surface area contributed by atoms with Crippen molar-refractivity contribution in [3.8, 4) is 0 Å². The number of anilines is 2. The zero-order valence-electron chi connectivity index (χ0n) is 14.6. The number of rotatable bonds is 6. The van der Waals surface area contributed by atoms with Crippen LogP contribution in [0.4, 0.5) is 16.2 Å². The van der Waals surface area contributed by atoms with Crippen molar-refractivity contribution in [2.45, 2.75) is 32.1 Å². The van der Waals surface area contributed by atoms with Gasteiger partial charge in [0.2, 0.25) is 0 Å². The van der Waals surface area contributed by atoms with E-state index in [1.807, 2.05) is 0 Å². The molecule has 6 heteroatoms. The number of carbonyl (C=O) groups excluding carboxylic acids is 2. The first-order valence-corrected chi connectivity index (χ1v) is 8.87. The van der Waals surface area contributed by atoms with Crippen molar-refractivity contribution in [3.63, 3.8) is 0 Å². The van der Waals surface area contributed by atoms with Crippen LogP contribution in [0.25, 0.3) is 0 Å². The van der Waals surface area contributed by atoms with Gasteiger partial charge in [-0.2, -0.15) is 0 Å².